The topological polar surface area (TPSA) is 48.7 Å². The van der Waals surface area contributed by atoms with Crippen molar-refractivity contribution in [2.75, 3.05) is 39.3 Å². The zero-order chi connectivity index (χ0) is 14.5. The van der Waals surface area contributed by atoms with Gasteiger partial charge < -0.3 is 14.6 Å². The lowest BCUT2D eigenvalue weighted by Gasteiger charge is -2.22. The van der Waals surface area contributed by atoms with E-state index in [9.17, 15) is 4.79 Å². The molecule has 2 heterocycles. The number of aliphatic hydroxyl groups is 1. The van der Waals surface area contributed by atoms with Gasteiger partial charge in [-0.2, -0.15) is 0 Å². The largest absolute Gasteiger partial charge is 0.395 e. The van der Waals surface area contributed by atoms with Crippen LogP contribution in [0.5, 0.6) is 0 Å². The van der Waals surface area contributed by atoms with Crippen molar-refractivity contribution in [1.82, 2.24) is 14.4 Å². The van der Waals surface area contributed by atoms with E-state index in [1.807, 2.05) is 28.7 Å². The molecule has 0 aromatic carbocycles. The fourth-order valence-electron chi connectivity index (χ4n) is 2.62. The zero-order valence-electron chi connectivity index (χ0n) is 11.9. The lowest BCUT2D eigenvalue weighted by molar-refractivity contribution is 0.0750. The van der Waals surface area contributed by atoms with Crippen LogP contribution in [0.4, 0.5) is 0 Å². The van der Waals surface area contributed by atoms with E-state index >= 15 is 0 Å². The van der Waals surface area contributed by atoms with Gasteiger partial charge in [-0.3, -0.25) is 9.69 Å². The molecule has 1 aromatic rings. The molecular formula is C14H22BrN3O2. The Balaban J connectivity index is 2.05. The molecule has 0 radical (unpaired) electrons. The number of halogens is 1. The molecule has 1 fully saturated rings. The van der Waals surface area contributed by atoms with Crippen LogP contribution in [0.1, 0.15) is 23.8 Å². The number of carbonyl (C=O) groups is 1. The molecule has 0 saturated carbocycles. The fourth-order valence-corrected chi connectivity index (χ4v) is 3.08. The minimum absolute atomic E-state index is 0.100. The molecule has 2 rings (SSSR count). The molecule has 1 saturated heterocycles. The summed E-state index contributed by atoms with van der Waals surface area (Å²) in [5, 5.41) is 9.00. The molecule has 1 aromatic heterocycles. The van der Waals surface area contributed by atoms with E-state index in [2.05, 4.69) is 20.8 Å². The third-order valence-electron chi connectivity index (χ3n) is 3.71. The number of carbonyl (C=O) groups excluding carboxylic acids is 1. The van der Waals surface area contributed by atoms with Gasteiger partial charge in [-0.1, -0.05) is 0 Å². The second-order valence-corrected chi connectivity index (χ2v) is 5.96. The fraction of sp³-hybridized carbons (Fsp3) is 0.643. The molecule has 0 unspecified atom stereocenters. The van der Waals surface area contributed by atoms with Gasteiger partial charge >= 0.3 is 0 Å². The smallest absolute Gasteiger partial charge is 0.270 e. The lowest BCUT2D eigenvalue weighted by atomic mass is 10.3. The molecular weight excluding hydrogens is 322 g/mol. The number of β-amino-alcohol motifs (C(OH)–C–C–N with tert-alkyl or cyclic N) is 1. The standard InChI is InChI=1S/C14H22BrN3O2/c1-2-17-11-12(15)10-13(17)14(20)18-5-3-4-16(6-7-18)8-9-19/h10-11,19H,2-9H2,1H3. The molecule has 1 N–H and O–H groups in total. The average molecular weight is 344 g/mol. The van der Waals surface area contributed by atoms with Crippen molar-refractivity contribution >= 4 is 21.8 Å². The molecule has 5 nitrogen and oxygen atoms in total. The predicted octanol–water partition coefficient (Wildman–Crippen LogP) is 1.41. The van der Waals surface area contributed by atoms with Crippen LogP contribution in [-0.2, 0) is 6.54 Å². The van der Waals surface area contributed by atoms with Crippen LogP contribution in [0.3, 0.4) is 0 Å². The third-order valence-corrected chi connectivity index (χ3v) is 4.15. The Morgan fingerprint density at radius 3 is 2.85 bits per heavy atom. The van der Waals surface area contributed by atoms with E-state index in [1.165, 1.54) is 0 Å². The van der Waals surface area contributed by atoms with Crippen LogP contribution in [0, 0.1) is 0 Å². The van der Waals surface area contributed by atoms with E-state index in [-0.39, 0.29) is 12.5 Å². The van der Waals surface area contributed by atoms with Crippen molar-refractivity contribution in [3.05, 3.63) is 22.4 Å². The Labute approximate surface area is 128 Å². The van der Waals surface area contributed by atoms with E-state index in [0.717, 1.165) is 49.3 Å². The molecule has 0 atom stereocenters. The highest BCUT2D eigenvalue weighted by atomic mass is 79.9. The molecule has 1 aliphatic heterocycles. The van der Waals surface area contributed by atoms with Crippen LogP contribution < -0.4 is 0 Å². The molecule has 20 heavy (non-hydrogen) atoms. The Morgan fingerprint density at radius 2 is 2.15 bits per heavy atom. The number of hydrogen-bond donors (Lipinski definition) is 1. The highest BCUT2D eigenvalue weighted by Crippen LogP contribution is 2.17. The predicted molar refractivity (Wildman–Crippen MR) is 81.9 cm³/mol. The first-order valence-corrected chi connectivity index (χ1v) is 7.93. The number of hydrogen-bond acceptors (Lipinski definition) is 3. The first-order valence-electron chi connectivity index (χ1n) is 7.14. The van der Waals surface area contributed by atoms with E-state index < -0.39 is 0 Å². The summed E-state index contributed by atoms with van der Waals surface area (Å²) >= 11 is 3.43. The normalized spacial score (nSPS) is 17.2. The molecule has 0 spiro atoms. The molecule has 112 valence electrons. The minimum Gasteiger partial charge on any atom is -0.395 e. The first kappa shape index (κ1) is 15.5. The molecule has 6 heteroatoms. The highest BCUT2D eigenvalue weighted by molar-refractivity contribution is 9.10. The maximum Gasteiger partial charge on any atom is 0.270 e. The monoisotopic (exact) mass is 343 g/mol. The summed E-state index contributed by atoms with van der Waals surface area (Å²) in [6.45, 7) is 6.99. The maximum atomic E-state index is 12.6. The van der Waals surface area contributed by atoms with Crippen molar-refractivity contribution in [2.24, 2.45) is 0 Å². The second kappa shape index (κ2) is 7.24. The van der Waals surface area contributed by atoms with Gasteiger partial charge in [0.1, 0.15) is 5.69 Å². The molecule has 0 aliphatic carbocycles. The summed E-state index contributed by atoms with van der Waals surface area (Å²) < 4.78 is 2.92. The van der Waals surface area contributed by atoms with Crippen LogP contribution in [0.2, 0.25) is 0 Å². The summed E-state index contributed by atoms with van der Waals surface area (Å²) in [5.74, 6) is 0.100. The van der Waals surface area contributed by atoms with Crippen molar-refractivity contribution < 1.29 is 9.90 Å². The van der Waals surface area contributed by atoms with Crippen molar-refractivity contribution in [2.45, 2.75) is 19.9 Å². The Morgan fingerprint density at radius 1 is 1.35 bits per heavy atom. The van der Waals surface area contributed by atoms with Gasteiger partial charge in [0.25, 0.3) is 5.91 Å². The SMILES string of the molecule is CCn1cc(Br)cc1C(=O)N1CCCN(CCO)CC1. The highest BCUT2D eigenvalue weighted by Gasteiger charge is 2.22. The second-order valence-electron chi connectivity index (χ2n) is 5.04. The number of nitrogens with zero attached hydrogens (tertiary/aromatic N) is 3. The van der Waals surface area contributed by atoms with Crippen LogP contribution in [0.15, 0.2) is 16.7 Å². The Hall–Kier alpha value is -0.850. The van der Waals surface area contributed by atoms with Crippen molar-refractivity contribution in [1.29, 1.82) is 0 Å². The van der Waals surface area contributed by atoms with E-state index in [1.54, 1.807) is 0 Å². The van der Waals surface area contributed by atoms with Gasteiger partial charge in [0, 0.05) is 43.4 Å². The van der Waals surface area contributed by atoms with Gasteiger partial charge in [-0.15, -0.1) is 0 Å². The van der Waals surface area contributed by atoms with Crippen molar-refractivity contribution in [3.8, 4) is 0 Å². The summed E-state index contributed by atoms with van der Waals surface area (Å²) in [6.07, 6.45) is 2.91. The average Bonchev–Trinajstić information content (AvgIpc) is 2.66. The first-order chi connectivity index (χ1) is 9.65. The Bertz CT molecular complexity index is 461. The van der Waals surface area contributed by atoms with Gasteiger partial charge in [-0.25, -0.2) is 0 Å². The van der Waals surface area contributed by atoms with Crippen LogP contribution in [-0.4, -0.2) is 64.7 Å². The van der Waals surface area contributed by atoms with Crippen LogP contribution >= 0.6 is 15.9 Å². The number of aliphatic hydroxyl groups excluding tert-OH is 1. The zero-order valence-corrected chi connectivity index (χ0v) is 13.5. The third kappa shape index (κ3) is 3.62. The summed E-state index contributed by atoms with van der Waals surface area (Å²) in [5.41, 5.74) is 0.745. The van der Waals surface area contributed by atoms with Crippen molar-refractivity contribution in [3.63, 3.8) is 0 Å². The minimum atomic E-state index is 0.100. The summed E-state index contributed by atoms with van der Waals surface area (Å²) in [4.78, 5) is 16.8. The number of rotatable bonds is 4. The number of aromatic nitrogens is 1. The van der Waals surface area contributed by atoms with Gasteiger partial charge in [0.15, 0.2) is 0 Å². The molecule has 1 amide bonds. The van der Waals surface area contributed by atoms with Crippen LogP contribution in [0.25, 0.3) is 0 Å². The maximum absolute atomic E-state index is 12.6. The van der Waals surface area contributed by atoms with E-state index in [0.29, 0.717) is 6.54 Å². The lowest BCUT2D eigenvalue weighted by Crippen LogP contribution is -2.36. The Kier molecular flexibility index (Phi) is 5.63. The van der Waals surface area contributed by atoms with E-state index in [4.69, 9.17) is 5.11 Å². The number of amides is 1. The molecule has 0 bridgehead atoms. The van der Waals surface area contributed by atoms with Gasteiger partial charge in [0.05, 0.1) is 6.61 Å². The van der Waals surface area contributed by atoms with Gasteiger partial charge in [-0.05, 0) is 41.9 Å². The molecule has 1 aliphatic rings. The summed E-state index contributed by atoms with van der Waals surface area (Å²) in [6, 6.07) is 1.89. The van der Waals surface area contributed by atoms with Gasteiger partial charge in [0.2, 0.25) is 0 Å². The number of aryl methyl sites for hydroxylation is 1. The quantitative estimate of drug-likeness (QED) is 0.899. The summed E-state index contributed by atoms with van der Waals surface area (Å²) in [7, 11) is 0.